The van der Waals surface area contributed by atoms with Crippen LogP contribution in [0.15, 0.2) is 41.5 Å². The van der Waals surface area contributed by atoms with Crippen LogP contribution >= 0.6 is 11.8 Å². The van der Waals surface area contributed by atoms with E-state index in [4.69, 9.17) is 0 Å². The van der Waals surface area contributed by atoms with Crippen LogP contribution in [0.3, 0.4) is 0 Å². The van der Waals surface area contributed by atoms with Gasteiger partial charge in [0.05, 0.1) is 11.4 Å². The molecule has 2 N–H and O–H groups in total. The first kappa shape index (κ1) is 17.9. The summed E-state index contributed by atoms with van der Waals surface area (Å²) >= 11 is 1.40. The molecular weight excluding hydrogens is 362 g/mol. The minimum absolute atomic E-state index is 0.143. The van der Waals surface area contributed by atoms with Crippen molar-refractivity contribution in [2.75, 3.05) is 18.8 Å². The number of carbonyl (C=O) groups is 2. The number of hydrogen-bond acceptors (Lipinski definition) is 6. The lowest BCUT2D eigenvalue weighted by Gasteiger charge is -2.33. The van der Waals surface area contributed by atoms with E-state index in [0.717, 1.165) is 37.2 Å². The minimum Gasteiger partial charge on any atom is -0.342 e. The zero-order valence-corrected chi connectivity index (χ0v) is 16.0. The Morgan fingerprint density at radius 3 is 2.74 bits per heavy atom. The summed E-state index contributed by atoms with van der Waals surface area (Å²) in [5.74, 6) is 1.02. The zero-order valence-electron chi connectivity index (χ0n) is 15.2. The molecule has 7 nitrogen and oxygen atoms in total. The first-order valence-corrected chi connectivity index (χ1v) is 10.2. The summed E-state index contributed by atoms with van der Waals surface area (Å²) < 4.78 is 0. The van der Waals surface area contributed by atoms with Crippen molar-refractivity contribution in [2.45, 2.75) is 26.1 Å². The third-order valence-corrected chi connectivity index (χ3v) is 6.02. The molecule has 1 saturated heterocycles. The van der Waals surface area contributed by atoms with Crippen molar-refractivity contribution in [3.63, 3.8) is 0 Å². The number of likely N-dealkylation sites (tertiary alicyclic amines) is 1. The Hall–Kier alpha value is -2.48. The Labute approximate surface area is 162 Å². The molecule has 3 aliphatic rings. The molecule has 3 aliphatic heterocycles. The number of thioether (sulfide) groups is 1. The van der Waals surface area contributed by atoms with Crippen LogP contribution in [-0.2, 0) is 9.59 Å². The van der Waals surface area contributed by atoms with E-state index in [1.54, 1.807) is 6.08 Å². The number of amides is 2. The maximum absolute atomic E-state index is 12.6. The van der Waals surface area contributed by atoms with Crippen molar-refractivity contribution >= 4 is 34.4 Å². The number of hydrogen-bond donors (Lipinski definition) is 2. The number of benzene rings is 1. The van der Waals surface area contributed by atoms with Gasteiger partial charge in [0.1, 0.15) is 0 Å². The lowest BCUT2D eigenvalue weighted by Crippen LogP contribution is -2.54. The fraction of sp³-hybridized carbons (Fsp3) is 0.421. The molecule has 1 fully saturated rings. The summed E-state index contributed by atoms with van der Waals surface area (Å²) in [5.41, 5.74) is 4.66. The number of nitrogens with zero attached hydrogens (tertiary/aromatic N) is 3. The molecule has 0 spiro atoms. The summed E-state index contributed by atoms with van der Waals surface area (Å²) in [6.07, 6.45) is 3.29. The summed E-state index contributed by atoms with van der Waals surface area (Å²) in [4.78, 5) is 28.5. The van der Waals surface area contributed by atoms with Gasteiger partial charge in [0.25, 0.3) is 0 Å². The first-order valence-electron chi connectivity index (χ1n) is 9.22. The fourth-order valence-electron chi connectivity index (χ4n) is 3.46. The molecule has 0 radical (unpaired) electrons. The van der Waals surface area contributed by atoms with Crippen molar-refractivity contribution in [1.82, 2.24) is 20.5 Å². The van der Waals surface area contributed by atoms with E-state index in [0.29, 0.717) is 16.8 Å². The second-order valence-electron chi connectivity index (χ2n) is 7.05. The van der Waals surface area contributed by atoms with Gasteiger partial charge >= 0.3 is 0 Å². The molecule has 1 atom stereocenters. The average molecular weight is 385 g/mol. The Bertz CT molecular complexity index is 787. The number of carbonyl (C=O) groups excluding carboxylic acids is 2. The molecule has 0 aliphatic carbocycles. The molecule has 4 rings (SSSR count). The monoisotopic (exact) mass is 385 g/mol. The van der Waals surface area contributed by atoms with Crippen LogP contribution in [0.5, 0.6) is 0 Å². The molecule has 2 amide bonds. The van der Waals surface area contributed by atoms with Gasteiger partial charge in [0, 0.05) is 19.2 Å². The van der Waals surface area contributed by atoms with Crippen molar-refractivity contribution in [2.24, 2.45) is 11.0 Å². The van der Waals surface area contributed by atoms with E-state index in [-0.39, 0.29) is 11.8 Å². The Morgan fingerprint density at radius 1 is 1.26 bits per heavy atom. The van der Waals surface area contributed by atoms with Crippen molar-refractivity contribution in [1.29, 1.82) is 0 Å². The second kappa shape index (κ2) is 7.64. The topological polar surface area (TPSA) is 77.0 Å². The molecule has 1 aromatic carbocycles. The van der Waals surface area contributed by atoms with Crippen LogP contribution in [0.25, 0.3) is 5.70 Å². The number of piperidine rings is 1. The number of nitrogens with one attached hydrogen (secondary N) is 2. The van der Waals surface area contributed by atoms with Crippen LogP contribution < -0.4 is 10.7 Å². The largest absolute Gasteiger partial charge is 0.342 e. The van der Waals surface area contributed by atoms with E-state index < -0.39 is 6.29 Å². The zero-order chi connectivity index (χ0) is 18.8. The SMILES string of the molecule is CC1CCN(C(=O)CSC2=NNC3NC(=O)C=C(c4ccccc4)N23)CC1. The Morgan fingerprint density at radius 2 is 2.00 bits per heavy atom. The highest BCUT2D eigenvalue weighted by Crippen LogP contribution is 2.29. The maximum atomic E-state index is 12.6. The van der Waals surface area contributed by atoms with Gasteiger partial charge in [-0.05, 0) is 24.3 Å². The molecular formula is C19H23N5O2S. The van der Waals surface area contributed by atoms with Crippen LogP contribution in [-0.4, -0.2) is 51.9 Å². The van der Waals surface area contributed by atoms with Crippen molar-refractivity contribution in [3.8, 4) is 0 Å². The third kappa shape index (κ3) is 3.80. The van der Waals surface area contributed by atoms with Gasteiger partial charge in [0.15, 0.2) is 11.5 Å². The molecule has 142 valence electrons. The van der Waals surface area contributed by atoms with Gasteiger partial charge in [-0.25, -0.2) is 0 Å². The van der Waals surface area contributed by atoms with Gasteiger partial charge in [-0.2, -0.15) is 5.10 Å². The molecule has 27 heavy (non-hydrogen) atoms. The predicted molar refractivity (Wildman–Crippen MR) is 106 cm³/mol. The molecule has 8 heteroatoms. The van der Waals surface area contributed by atoms with Crippen LogP contribution in [0.4, 0.5) is 0 Å². The minimum atomic E-state index is -0.425. The number of rotatable bonds is 3. The second-order valence-corrected chi connectivity index (χ2v) is 7.99. The predicted octanol–water partition coefficient (Wildman–Crippen LogP) is 1.61. The maximum Gasteiger partial charge on any atom is 0.249 e. The van der Waals surface area contributed by atoms with Gasteiger partial charge in [-0.3, -0.25) is 19.9 Å². The molecule has 3 heterocycles. The summed E-state index contributed by atoms with van der Waals surface area (Å²) in [6.45, 7) is 3.91. The standard InChI is InChI=1S/C19H23N5O2S/c1-13-7-9-23(10-8-13)17(26)12-27-19-22-21-18-20-16(25)11-15(24(18)19)14-5-3-2-4-6-14/h2-6,11,13,18,21H,7-10,12H2,1H3,(H,20,25). The van der Waals surface area contributed by atoms with Gasteiger partial charge < -0.3 is 10.2 Å². The lowest BCUT2D eigenvalue weighted by atomic mass is 9.99. The molecule has 1 aromatic rings. The third-order valence-electron chi connectivity index (χ3n) is 5.08. The van der Waals surface area contributed by atoms with E-state index in [1.807, 2.05) is 40.1 Å². The van der Waals surface area contributed by atoms with Gasteiger partial charge in [-0.1, -0.05) is 49.0 Å². The molecule has 1 unspecified atom stereocenters. The van der Waals surface area contributed by atoms with E-state index in [9.17, 15) is 9.59 Å². The molecule has 0 bridgehead atoms. The van der Waals surface area contributed by atoms with Crippen LogP contribution in [0, 0.1) is 5.92 Å². The van der Waals surface area contributed by atoms with Crippen LogP contribution in [0.1, 0.15) is 25.3 Å². The fourth-order valence-corrected chi connectivity index (χ4v) is 4.35. The van der Waals surface area contributed by atoms with Crippen molar-refractivity contribution in [3.05, 3.63) is 42.0 Å². The Kier molecular flexibility index (Phi) is 5.07. The molecule has 0 aromatic heterocycles. The number of amidine groups is 1. The number of fused-ring (bicyclic) bond motifs is 1. The Balaban J connectivity index is 1.45. The highest BCUT2D eigenvalue weighted by Gasteiger charge is 2.36. The van der Waals surface area contributed by atoms with Crippen LogP contribution in [0.2, 0.25) is 0 Å². The smallest absolute Gasteiger partial charge is 0.249 e. The first-order chi connectivity index (χ1) is 13.1. The quantitative estimate of drug-likeness (QED) is 0.827. The summed E-state index contributed by atoms with van der Waals surface area (Å²) in [5, 5.41) is 7.88. The average Bonchev–Trinajstić information content (AvgIpc) is 3.09. The van der Waals surface area contributed by atoms with Gasteiger partial charge in [0.2, 0.25) is 11.8 Å². The lowest BCUT2D eigenvalue weighted by molar-refractivity contribution is -0.129. The van der Waals surface area contributed by atoms with Gasteiger partial charge in [-0.15, -0.1) is 0 Å². The van der Waals surface area contributed by atoms with E-state index >= 15 is 0 Å². The van der Waals surface area contributed by atoms with Crippen molar-refractivity contribution < 1.29 is 9.59 Å². The van der Waals surface area contributed by atoms with E-state index in [1.165, 1.54) is 11.8 Å². The highest BCUT2D eigenvalue weighted by molar-refractivity contribution is 8.14. The summed E-state index contributed by atoms with van der Waals surface area (Å²) in [6, 6.07) is 9.73. The number of hydrazone groups is 1. The normalized spacial score (nSPS) is 22.6. The summed E-state index contributed by atoms with van der Waals surface area (Å²) in [7, 11) is 0. The van der Waals surface area contributed by atoms with E-state index in [2.05, 4.69) is 22.8 Å². The molecule has 0 saturated carbocycles. The highest BCUT2D eigenvalue weighted by atomic mass is 32.2.